The van der Waals surface area contributed by atoms with E-state index in [9.17, 15) is 14.4 Å². The zero-order valence-electron chi connectivity index (χ0n) is 15.5. The second-order valence-electron chi connectivity index (χ2n) is 6.66. The molecule has 0 spiro atoms. The van der Waals surface area contributed by atoms with Crippen LogP contribution in [0.3, 0.4) is 0 Å². The van der Waals surface area contributed by atoms with Crippen LogP contribution in [0, 0.1) is 0 Å². The number of benzene rings is 1. The van der Waals surface area contributed by atoms with Crippen LogP contribution >= 0.6 is 0 Å². The molecule has 9 heteroatoms. The van der Waals surface area contributed by atoms with Gasteiger partial charge in [-0.1, -0.05) is 6.07 Å². The Morgan fingerprint density at radius 3 is 2.36 bits per heavy atom. The molecule has 3 N–H and O–H groups in total. The van der Waals surface area contributed by atoms with Crippen LogP contribution in [0.25, 0.3) is 10.9 Å². The van der Waals surface area contributed by atoms with E-state index in [0.717, 1.165) is 17.1 Å². The lowest BCUT2D eigenvalue weighted by Crippen LogP contribution is -2.24. The van der Waals surface area contributed by atoms with Gasteiger partial charge in [-0.05, 0) is 45.0 Å². The first kappa shape index (κ1) is 20.6. The molecule has 9 nitrogen and oxygen atoms in total. The highest BCUT2D eigenvalue weighted by atomic mass is 16.6. The van der Waals surface area contributed by atoms with Gasteiger partial charge in [0.05, 0.1) is 11.1 Å². The summed E-state index contributed by atoms with van der Waals surface area (Å²) in [7, 11) is 0. The molecule has 0 aliphatic heterocycles. The monoisotopic (exact) mass is 385 g/mol. The number of hydrogen-bond donors (Lipinski definition) is 3. The minimum Gasteiger partial charge on any atom is -0.478 e. The van der Waals surface area contributed by atoms with Crippen molar-refractivity contribution in [2.24, 2.45) is 0 Å². The summed E-state index contributed by atoms with van der Waals surface area (Å²) in [5.41, 5.74) is 0.261. The Morgan fingerprint density at radius 2 is 1.79 bits per heavy atom. The van der Waals surface area contributed by atoms with E-state index in [1.165, 1.54) is 0 Å². The summed E-state index contributed by atoms with van der Waals surface area (Å²) in [4.78, 5) is 42.6. The quantitative estimate of drug-likeness (QED) is 0.584. The number of fused-ring (bicyclic) bond motifs is 1. The molecule has 28 heavy (non-hydrogen) atoms. The molecule has 0 aliphatic rings. The third-order valence-electron chi connectivity index (χ3n) is 3.24. The van der Waals surface area contributed by atoms with Gasteiger partial charge >= 0.3 is 17.9 Å². The molecule has 1 aromatic carbocycles. The molecule has 0 aliphatic carbocycles. The van der Waals surface area contributed by atoms with Gasteiger partial charge in [0.15, 0.2) is 5.69 Å². The number of imidazole rings is 1. The Labute approximate surface area is 160 Å². The Kier molecular flexibility index (Phi) is 6.09. The highest BCUT2D eigenvalue weighted by molar-refractivity contribution is 5.93. The van der Waals surface area contributed by atoms with Gasteiger partial charge in [0.1, 0.15) is 5.60 Å². The number of carbonyl (C=O) groups excluding carboxylic acids is 1. The van der Waals surface area contributed by atoms with Gasteiger partial charge in [0.25, 0.3) is 0 Å². The molecule has 3 rings (SSSR count). The maximum absolute atomic E-state index is 11.4. The lowest BCUT2D eigenvalue weighted by molar-refractivity contribution is 0.00566. The Morgan fingerprint density at radius 1 is 1.07 bits per heavy atom. The molecule has 146 valence electrons. The molecule has 2 heterocycles. The first-order valence-corrected chi connectivity index (χ1v) is 8.17. The molecule has 0 saturated carbocycles. The van der Waals surface area contributed by atoms with Crippen molar-refractivity contribution in [3.8, 4) is 0 Å². The predicted octanol–water partition coefficient (Wildman–Crippen LogP) is 3.00. The highest BCUT2D eigenvalue weighted by Crippen LogP contribution is 2.13. The van der Waals surface area contributed by atoms with Crippen LogP contribution in [0.5, 0.6) is 0 Å². The van der Waals surface area contributed by atoms with Crippen molar-refractivity contribution < 1.29 is 29.3 Å². The number of H-pyrrole nitrogens is 1. The zero-order valence-corrected chi connectivity index (χ0v) is 15.5. The summed E-state index contributed by atoms with van der Waals surface area (Å²) in [5, 5.41) is 18.2. The molecule has 3 aromatic rings. The second kappa shape index (κ2) is 8.30. The fourth-order valence-electron chi connectivity index (χ4n) is 2.07. The number of aromatic carboxylic acids is 2. The van der Waals surface area contributed by atoms with E-state index in [4.69, 9.17) is 14.9 Å². The minimum absolute atomic E-state index is 0.109. The van der Waals surface area contributed by atoms with Gasteiger partial charge in [-0.25, -0.2) is 19.4 Å². The van der Waals surface area contributed by atoms with Crippen LogP contribution in [-0.2, 0) is 4.74 Å². The maximum atomic E-state index is 11.4. The summed E-state index contributed by atoms with van der Waals surface area (Å²) in [6.07, 6.45) is 2.82. The van der Waals surface area contributed by atoms with E-state index in [2.05, 4.69) is 15.0 Å². The normalized spacial score (nSPS) is 10.7. The summed E-state index contributed by atoms with van der Waals surface area (Å²) < 4.78 is 4.99. The van der Waals surface area contributed by atoms with Gasteiger partial charge in [0, 0.05) is 17.8 Å². The number of rotatable bonds is 3. The number of carboxylic acids is 2. The van der Waals surface area contributed by atoms with Gasteiger partial charge in [-0.2, -0.15) is 0 Å². The first-order valence-electron chi connectivity index (χ1n) is 8.17. The van der Waals surface area contributed by atoms with E-state index in [1.807, 2.05) is 6.07 Å². The summed E-state index contributed by atoms with van der Waals surface area (Å²) in [5.74, 6) is -2.89. The molecular weight excluding hydrogens is 366 g/mol. The van der Waals surface area contributed by atoms with E-state index in [-0.39, 0.29) is 11.5 Å². The average molecular weight is 385 g/mol. The third kappa shape index (κ3) is 5.63. The van der Waals surface area contributed by atoms with Crippen LogP contribution in [0.2, 0.25) is 0 Å². The number of ether oxygens (including phenoxy) is 1. The summed E-state index contributed by atoms with van der Waals surface area (Å²) >= 11 is 0. The van der Waals surface area contributed by atoms with Gasteiger partial charge < -0.3 is 19.9 Å². The predicted molar refractivity (Wildman–Crippen MR) is 99.4 cm³/mol. The molecule has 0 bridgehead atoms. The number of aromatic nitrogens is 3. The lowest BCUT2D eigenvalue weighted by atomic mass is 10.1. The molecule has 0 radical (unpaired) electrons. The highest BCUT2D eigenvalue weighted by Gasteiger charge is 2.21. The molecule has 0 unspecified atom stereocenters. The number of pyridine rings is 1. The maximum Gasteiger partial charge on any atom is 0.374 e. The average Bonchev–Trinajstić information content (AvgIpc) is 3.11. The SMILES string of the molecule is CC(C)(C)OC(=O)c1nc(C(=O)O)c[nH]1.O=C(O)c1ccc2ncccc2c1. The number of nitrogens with zero attached hydrogens (tertiary/aromatic N) is 2. The molecule has 0 fully saturated rings. The fourth-order valence-corrected chi connectivity index (χ4v) is 2.07. The Balaban J connectivity index is 0.000000202. The summed E-state index contributed by atoms with van der Waals surface area (Å²) in [6, 6.07) is 8.50. The van der Waals surface area contributed by atoms with Gasteiger partial charge in [0.2, 0.25) is 5.82 Å². The number of nitrogens with one attached hydrogen (secondary N) is 1. The van der Waals surface area contributed by atoms with Crippen molar-refractivity contribution >= 4 is 28.8 Å². The van der Waals surface area contributed by atoms with Gasteiger partial charge in [-0.3, -0.25) is 4.98 Å². The summed E-state index contributed by atoms with van der Waals surface area (Å²) in [6.45, 7) is 5.14. The van der Waals surface area contributed by atoms with E-state index in [1.54, 1.807) is 51.2 Å². The lowest BCUT2D eigenvalue weighted by Gasteiger charge is -2.18. The van der Waals surface area contributed by atoms with Crippen molar-refractivity contribution in [2.45, 2.75) is 26.4 Å². The molecule has 0 amide bonds. The molecule has 0 saturated heterocycles. The van der Waals surface area contributed by atoms with E-state index >= 15 is 0 Å². The Hall–Kier alpha value is -3.75. The molecule has 2 aromatic heterocycles. The standard InChI is InChI=1S/C10H7NO2.C9H12N2O4/c12-10(13)8-3-4-9-7(6-8)2-1-5-11-9;1-9(2,3)15-8(14)6-10-4-5(11-6)7(12)13/h1-6H,(H,12,13);4H,1-3H3,(H,10,11)(H,12,13). The Bertz CT molecular complexity index is 1020. The van der Waals surface area contributed by atoms with E-state index in [0.29, 0.717) is 5.56 Å². The van der Waals surface area contributed by atoms with Crippen molar-refractivity contribution in [3.63, 3.8) is 0 Å². The smallest absolute Gasteiger partial charge is 0.374 e. The molecular formula is C19H19N3O6. The first-order chi connectivity index (χ1) is 13.1. The minimum atomic E-state index is -1.19. The van der Waals surface area contributed by atoms with Crippen LogP contribution < -0.4 is 0 Å². The van der Waals surface area contributed by atoms with Crippen LogP contribution in [0.4, 0.5) is 0 Å². The fraction of sp³-hybridized carbons (Fsp3) is 0.211. The van der Waals surface area contributed by atoms with Crippen LogP contribution in [0.1, 0.15) is 52.2 Å². The van der Waals surface area contributed by atoms with Crippen molar-refractivity contribution in [2.75, 3.05) is 0 Å². The van der Waals surface area contributed by atoms with Crippen molar-refractivity contribution in [1.29, 1.82) is 0 Å². The van der Waals surface area contributed by atoms with E-state index < -0.39 is 23.5 Å². The zero-order chi connectivity index (χ0) is 20.9. The third-order valence-corrected chi connectivity index (χ3v) is 3.24. The number of esters is 1. The number of hydrogen-bond acceptors (Lipinski definition) is 6. The number of carbonyl (C=O) groups is 3. The number of carboxylic acid groups (broad SMARTS) is 2. The number of aromatic amines is 1. The second-order valence-corrected chi connectivity index (χ2v) is 6.66. The largest absolute Gasteiger partial charge is 0.478 e. The van der Waals surface area contributed by atoms with Crippen molar-refractivity contribution in [3.05, 3.63) is 59.8 Å². The molecule has 0 atom stereocenters. The van der Waals surface area contributed by atoms with Crippen LogP contribution in [-0.4, -0.2) is 48.7 Å². The van der Waals surface area contributed by atoms with Gasteiger partial charge in [-0.15, -0.1) is 0 Å². The van der Waals surface area contributed by atoms with Crippen LogP contribution in [0.15, 0.2) is 42.7 Å². The van der Waals surface area contributed by atoms with Crippen molar-refractivity contribution in [1.82, 2.24) is 15.0 Å². The topological polar surface area (TPSA) is 142 Å².